The van der Waals surface area contributed by atoms with Crippen LogP contribution < -0.4 is 10.2 Å². The van der Waals surface area contributed by atoms with Crippen molar-refractivity contribution >= 4 is 38.5 Å². The molecule has 0 saturated carbocycles. The lowest BCUT2D eigenvalue weighted by molar-refractivity contribution is 0.0698. The van der Waals surface area contributed by atoms with E-state index in [9.17, 15) is 23.6 Å². The van der Waals surface area contributed by atoms with E-state index >= 15 is 0 Å². The van der Waals surface area contributed by atoms with Crippen molar-refractivity contribution in [2.75, 3.05) is 42.7 Å². The summed E-state index contributed by atoms with van der Waals surface area (Å²) in [4.78, 5) is 22.9. The van der Waals surface area contributed by atoms with Crippen LogP contribution in [-0.2, 0) is 10.0 Å². The molecule has 35 heavy (non-hydrogen) atoms. The minimum absolute atomic E-state index is 0.165. The van der Waals surface area contributed by atoms with Gasteiger partial charge in [0.2, 0.25) is 10.0 Å². The number of sulfonamides is 1. The van der Waals surface area contributed by atoms with E-state index < -0.39 is 16.0 Å². The molecule has 182 valence electrons. The van der Waals surface area contributed by atoms with Gasteiger partial charge in [0, 0.05) is 37.4 Å². The number of benzene rings is 2. The lowest BCUT2D eigenvalue weighted by Crippen LogP contribution is -2.48. The van der Waals surface area contributed by atoms with Crippen molar-refractivity contribution in [2.24, 2.45) is 0 Å². The Hall–Kier alpha value is -3.75. The average molecular weight is 495 g/mol. The van der Waals surface area contributed by atoms with E-state index in [-0.39, 0.29) is 17.3 Å². The standard InChI is InChI=1S/C24H26N6O4S/c1-15-12-18(16(2)26-19-7-5-4-6-17(19)24(31)32)22-20(13-15)27-21(14-25)23(28-22)29-8-10-30(11-9-29)35(3,33)34/h4-7,12-13,16,26H,8-11H2,1-3H3,(H,31,32)/t16-/m1/s1. The van der Waals surface area contributed by atoms with Crippen molar-refractivity contribution < 1.29 is 18.3 Å². The third kappa shape index (κ3) is 5.03. The third-order valence-corrected chi connectivity index (χ3v) is 7.34. The zero-order valence-electron chi connectivity index (χ0n) is 19.7. The number of nitrogens with one attached hydrogen (secondary N) is 1. The first-order valence-corrected chi connectivity index (χ1v) is 12.9. The number of aromatic nitrogens is 2. The molecule has 2 N–H and O–H groups in total. The average Bonchev–Trinajstić information content (AvgIpc) is 2.82. The number of carboxylic acid groups (broad SMARTS) is 1. The zero-order valence-corrected chi connectivity index (χ0v) is 20.5. The molecule has 11 heteroatoms. The highest BCUT2D eigenvalue weighted by atomic mass is 32.2. The maximum Gasteiger partial charge on any atom is 0.337 e. The maximum absolute atomic E-state index is 11.9. The molecule has 0 aliphatic carbocycles. The largest absolute Gasteiger partial charge is 0.478 e. The van der Waals surface area contributed by atoms with Crippen LogP contribution in [-0.4, -0.2) is 66.2 Å². The molecule has 1 aliphatic heterocycles. The van der Waals surface area contributed by atoms with Crippen molar-refractivity contribution in [3.8, 4) is 6.07 Å². The number of anilines is 2. The van der Waals surface area contributed by atoms with Crippen LogP contribution in [0.3, 0.4) is 0 Å². The lowest BCUT2D eigenvalue weighted by atomic mass is 10.0. The van der Waals surface area contributed by atoms with Crippen LogP contribution in [0.5, 0.6) is 0 Å². The molecule has 1 fully saturated rings. The topological polar surface area (TPSA) is 140 Å². The van der Waals surface area contributed by atoms with Gasteiger partial charge < -0.3 is 15.3 Å². The molecular weight excluding hydrogens is 468 g/mol. The Balaban J connectivity index is 1.74. The van der Waals surface area contributed by atoms with Crippen LogP contribution in [0.2, 0.25) is 0 Å². The summed E-state index contributed by atoms with van der Waals surface area (Å²) in [5.41, 5.74) is 3.74. The van der Waals surface area contributed by atoms with Crippen LogP contribution in [0.15, 0.2) is 36.4 Å². The normalized spacial score (nSPS) is 15.5. The molecule has 4 rings (SSSR count). The molecule has 0 bridgehead atoms. The van der Waals surface area contributed by atoms with Gasteiger partial charge in [-0.25, -0.2) is 23.2 Å². The SMILES string of the molecule is Cc1cc([C@@H](C)Nc2ccccc2C(=O)O)c2nc(N3CCN(S(C)(=O)=O)CC3)c(C#N)nc2c1. The number of piperazine rings is 1. The van der Waals surface area contributed by atoms with Crippen molar-refractivity contribution in [1.29, 1.82) is 5.26 Å². The van der Waals surface area contributed by atoms with E-state index in [1.807, 2.05) is 30.9 Å². The van der Waals surface area contributed by atoms with Crippen molar-refractivity contribution in [3.05, 3.63) is 58.8 Å². The van der Waals surface area contributed by atoms with E-state index in [4.69, 9.17) is 4.98 Å². The number of carboxylic acids is 1. The van der Waals surface area contributed by atoms with Gasteiger partial charge in [0.05, 0.1) is 28.9 Å². The fraction of sp³-hybridized carbons (Fsp3) is 0.333. The number of fused-ring (bicyclic) bond motifs is 1. The molecule has 0 unspecified atom stereocenters. The summed E-state index contributed by atoms with van der Waals surface area (Å²) in [6.07, 6.45) is 1.19. The predicted molar refractivity (Wildman–Crippen MR) is 133 cm³/mol. The Bertz CT molecular complexity index is 1440. The van der Waals surface area contributed by atoms with E-state index in [0.29, 0.717) is 48.7 Å². The number of hydrogen-bond donors (Lipinski definition) is 2. The van der Waals surface area contributed by atoms with Crippen molar-refractivity contribution in [2.45, 2.75) is 19.9 Å². The number of hydrogen-bond acceptors (Lipinski definition) is 8. The summed E-state index contributed by atoms with van der Waals surface area (Å²) in [5, 5.41) is 22.6. The second-order valence-electron chi connectivity index (χ2n) is 8.60. The number of rotatable bonds is 6. The minimum atomic E-state index is -3.29. The van der Waals surface area contributed by atoms with Gasteiger partial charge in [0.1, 0.15) is 6.07 Å². The molecular formula is C24H26N6O4S. The van der Waals surface area contributed by atoms with Gasteiger partial charge in [-0.3, -0.25) is 0 Å². The first-order valence-electron chi connectivity index (χ1n) is 11.1. The van der Waals surface area contributed by atoms with Gasteiger partial charge in [-0.1, -0.05) is 18.2 Å². The van der Waals surface area contributed by atoms with Crippen LogP contribution in [0.1, 0.15) is 40.1 Å². The number of nitriles is 1. The monoisotopic (exact) mass is 494 g/mol. The molecule has 1 aromatic heterocycles. The third-order valence-electron chi connectivity index (χ3n) is 6.03. The predicted octanol–water partition coefficient (Wildman–Crippen LogP) is 2.76. The number of para-hydroxylation sites is 1. The number of aromatic carboxylic acids is 1. The molecule has 1 aliphatic rings. The van der Waals surface area contributed by atoms with Gasteiger partial charge in [-0.05, 0) is 37.6 Å². The number of aryl methyl sites for hydroxylation is 1. The number of nitrogens with zero attached hydrogens (tertiary/aromatic N) is 5. The molecule has 2 heterocycles. The highest BCUT2D eigenvalue weighted by Crippen LogP contribution is 2.30. The summed E-state index contributed by atoms with van der Waals surface area (Å²) in [6.45, 7) is 5.22. The van der Waals surface area contributed by atoms with Crippen LogP contribution in [0.4, 0.5) is 11.5 Å². The highest BCUT2D eigenvalue weighted by molar-refractivity contribution is 7.88. The Labute approximate surface area is 203 Å². The summed E-state index contributed by atoms with van der Waals surface area (Å²) in [5.74, 6) is -0.611. The summed E-state index contributed by atoms with van der Waals surface area (Å²) in [7, 11) is -3.29. The Morgan fingerprint density at radius 2 is 1.86 bits per heavy atom. The Morgan fingerprint density at radius 1 is 1.17 bits per heavy atom. The molecule has 2 aromatic carbocycles. The van der Waals surface area contributed by atoms with Gasteiger partial charge in [-0.2, -0.15) is 9.57 Å². The Kier molecular flexibility index (Phi) is 6.60. The van der Waals surface area contributed by atoms with Crippen LogP contribution >= 0.6 is 0 Å². The van der Waals surface area contributed by atoms with Crippen molar-refractivity contribution in [1.82, 2.24) is 14.3 Å². The van der Waals surface area contributed by atoms with Gasteiger partial charge in [0.25, 0.3) is 0 Å². The molecule has 10 nitrogen and oxygen atoms in total. The first kappa shape index (κ1) is 24.4. The number of carbonyl (C=O) groups is 1. The second-order valence-corrected chi connectivity index (χ2v) is 10.6. The second kappa shape index (κ2) is 9.48. The lowest BCUT2D eigenvalue weighted by Gasteiger charge is -2.34. The maximum atomic E-state index is 11.9. The van der Waals surface area contributed by atoms with Crippen LogP contribution in [0, 0.1) is 18.3 Å². The van der Waals surface area contributed by atoms with E-state index in [0.717, 1.165) is 11.1 Å². The van der Waals surface area contributed by atoms with Gasteiger partial charge in [0.15, 0.2) is 11.5 Å². The fourth-order valence-corrected chi connectivity index (χ4v) is 5.11. The summed E-state index contributed by atoms with van der Waals surface area (Å²) < 4.78 is 25.2. The molecule has 1 atom stereocenters. The molecule has 0 amide bonds. The molecule has 1 saturated heterocycles. The first-order chi connectivity index (χ1) is 16.6. The summed E-state index contributed by atoms with van der Waals surface area (Å²) >= 11 is 0. The van der Waals surface area contributed by atoms with E-state index in [2.05, 4.69) is 16.4 Å². The van der Waals surface area contributed by atoms with Gasteiger partial charge in [-0.15, -0.1) is 0 Å². The minimum Gasteiger partial charge on any atom is -0.478 e. The summed E-state index contributed by atoms with van der Waals surface area (Å²) in [6, 6.07) is 12.3. The fourth-order valence-electron chi connectivity index (χ4n) is 4.29. The zero-order chi connectivity index (χ0) is 25.3. The van der Waals surface area contributed by atoms with Crippen LogP contribution in [0.25, 0.3) is 11.0 Å². The molecule has 0 spiro atoms. The highest BCUT2D eigenvalue weighted by Gasteiger charge is 2.27. The van der Waals surface area contributed by atoms with Crippen molar-refractivity contribution in [3.63, 3.8) is 0 Å². The van der Waals surface area contributed by atoms with E-state index in [1.54, 1.807) is 24.3 Å². The smallest absolute Gasteiger partial charge is 0.337 e. The molecule has 0 radical (unpaired) electrons. The van der Waals surface area contributed by atoms with Gasteiger partial charge >= 0.3 is 5.97 Å². The molecule has 3 aromatic rings. The quantitative estimate of drug-likeness (QED) is 0.529. The Morgan fingerprint density at radius 3 is 2.49 bits per heavy atom. The van der Waals surface area contributed by atoms with E-state index in [1.165, 1.54) is 10.6 Å².